The Morgan fingerprint density at radius 2 is 2.00 bits per heavy atom. The number of nitrogens with two attached hydrogens (primary N) is 1. The van der Waals surface area contributed by atoms with Gasteiger partial charge in [0.2, 0.25) is 0 Å². The zero-order valence-electron chi connectivity index (χ0n) is 10.3. The summed E-state index contributed by atoms with van der Waals surface area (Å²) in [6.07, 6.45) is 0.603. The Kier molecular flexibility index (Phi) is 4.07. The van der Waals surface area contributed by atoms with Gasteiger partial charge in [0.15, 0.2) is 0 Å². The fraction of sp³-hybridized carbons (Fsp3) is 0.538. The Balaban J connectivity index is 2.04. The maximum absolute atomic E-state index is 6.02. The van der Waals surface area contributed by atoms with Crippen molar-refractivity contribution in [2.24, 2.45) is 0 Å². The molecule has 0 saturated carbocycles. The van der Waals surface area contributed by atoms with E-state index in [1.807, 2.05) is 12.1 Å². The molecule has 0 bridgehead atoms. The summed E-state index contributed by atoms with van der Waals surface area (Å²) in [6.45, 7) is 7.08. The molecule has 1 aromatic carbocycles. The molecule has 0 amide bonds. The molecule has 0 aliphatic carbocycles. The number of hydrogen-bond acceptors (Lipinski definition) is 3. The molecule has 1 aliphatic heterocycles. The molecule has 4 heteroatoms. The van der Waals surface area contributed by atoms with E-state index in [0.717, 1.165) is 29.8 Å². The predicted octanol–water partition coefficient (Wildman–Crippen LogP) is 2.64. The number of halogens is 1. The Morgan fingerprint density at radius 1 is 1.35 bits per heavy atom. The molecule has 0 radical (unpaired) electrons. The smallest absolute Gasteiger partial charge is 0.0678 e. The average molecular weight is 299 g/mol. The first-order chi connectivity index (χ1) is 8.04. The van der Waals surface area contributed by atoms with Gasteiger partial charge in [-0.15, -0.1) is 0 Å². The Labute approximate surface area is 111 Å². The van der Waals surface area contributed by atoms with Crippen LogP contribution in [0.5, 0.6) is 0 Å². The van der Waals surface area contributed by atoms with Crippen LogP contribution in [0.2, 0.25) is 0 Å². The van der Waals surface area contributed by atoms with Gasteiger partial charge in [0, 0.05) is 29.8 Å². The van der Waals surface area contributed by atoms with Gasteiger partial charge in [0.25, 0.3) is 0 Å². The lowest BCUT2D eigenvalue weighted by Gasteiger charge is -2.35. The molecule has 1 fully saturated rings. The molecule has 1 aromatic rings. The fourth-order valence-corrected chi connectivity index (χ4v) is 2.74. The minimum absolute atomic E-state index is 0.301. The second kappa shape index (κ2) is 5.38. The maximum atomic E-state index is 6.02. The van der Waals surface area contributed by atoms with Crippen molar-refractivity contribution in [1.82, 2.24) is 4.90 Å². The van der Waals surface area contributed by atoms with E-state index >= 15 is 0 Å². The van der Waals surface area contributed by atoms with Crippen LogP contribution in [0.25, 0.3) is 0 Å². The average Bonchev–Trinajstić information content (AvgIpc) is 2.21. The highest BCUT2D eigenvalue weighted by atomic mass is 79.9. The van der Waals surface area contributed by atoms with Gasteiger partial charge in [-0.1, -0.05) is 22.0 Å². The molecule has 2 N–H and O–H groups in total. The molecule has 2 rings (SSSR count). The van der Waals surface area contributed by atoms with Gasteiger partial charge in [0.1, 0.15) is 0 Å². The molecule has 2 unspecified atom stereocenters. The van der Waals surface area contributed by atoms with Crippen LogP contribution in [0.15, 0.2) is 22.7 Å². The first-order valence-electron chi connectivity index (χ1n) is 5.96. The number of morpholine rings is 1. The Hall–Kier alpha value is -0.580. The molecule has 0 aromatic heterocycles. The third-order valence-corrected chi connectivity index (χ3v) is 3.49. The highest BCUT2D eigenvalue weighted by Crippen LogP contribution is 2.21. The number of nitrogens with zero attached hydrogens (tertiary/aromatic N) is 1. The minimum Gasteiger partial charge on any atom is -0.398 e. The van der Waals surface area contributed by atoms with E-state index in [9.17, 15) is 0 Å². The van der Waals surface area contributed by atoms with Crippen LogP contribution in [-0.4, -0.2) is 30.2 Å². The molecule has 3 nitrogen and oxygen atoms in total. The van der Waals surface area contributed by atoms with Crippen LogP contribution >= 0.6 is 15.9 Å². The predicted molar refractivity (Wildman–Crippen MR) is 73.8 cm³/mol. The summed E-state index contributed by atoms with van der Waals surface area (Å²) in [6, 6.07) is 6.09. The monoisotopic (exact) mass is 298 g/mol. The van der Waals surface area contributed by atoms with Crippen LogP contribution in [0.3, 0.4) is 0 Å². The zero-order valence-corrected chi connectivity index (χ0v) is 11.9. The largest absolute Gasteiger partial charge is 0.398 e. The van der Waals surface area contributed by atoms with Crippen LogP contribution in [0.1, 0.15) is 19.4 Å². The van der Waals surface area contributed by atoms with Gasteiger partial charge in [0.05, 0.1) is 12.2 Å². The summed E-state index contributed by atoms with van der Waals surface area (Å²) in [5, 5.41) is 0. The first kappa shape index (κ1) is 12.9. The summed E-state index contributed by atoms with van der Waals surface area (Å²) in [4.78, 5) is 2.40. The third-order valence-electron chi connectivity index (χ3n) is 3.00. The van der Waals surface area contributed by atoms with Crippen molar-refractivity contribution in [2.75, 3.05) is 18.8 Å². The van der Waals surface area contributed by atoms with Crippen molar-refractivity contribution in [3.05, 3.63) is 28.2 Å². The van der Waals surface area contributed by atoms with Crippen molar-refractivity contribution in [3.63, 3.8) is 0 Å². The van der Waals surface area contributed by atoms with Gasteiger partial charge in [-0.05, 0) is 31.5 Å². The second-order valence-corrected chi connectivity index (χ2v) is 5.71. The summed E-state index contributed by atoms with van der Waals surface area (Å²) in [5.74, 6) is 0. The summed E-state index contributed by atoms with van der Waals surface area (Å²) in [5.41, 5.74) is 8.06. The molecule has 1 heterocycles. The van der Waals surface area contributed by atoms with Crippen molar-refractivity contribution >= 4 is 21.6 Å². The SMILES string of the molecule is CC1CN(Cc2ccc(Br)cc2N)CC(C)O1. The lowest BCUT2D eigenvalue weighted by Crippen LogP contribution is -2.44. The van der Waals surface area contributed by atoms with E-state index in [4.69, 9.17) is 10.5 Å². The van der Waals surface area contributed by atoms with E-state index < -0.39 is 0 Å². The summed E-state index contributed by atoms with van der Waals surface area (Å²) < 4.78 is 6.75. The van der Waals surface area contributed by atoms with Crippen molar-refractivity contribution < 1.29 is 4.74 Å². The van der Waals surface area contributed by atoms with E-state index in [0.29, 0.717) is 12.2 Å². The molecular weight excluding hydrogens is 280 g/mol. The Morgan fingerprint density at radius 3 is 2.59 bits per heavy atom. The topological polar surface area (TPSA) is 38.5 Å². The van der Waals surface area contributed by atoms with Gasteiger partial charge >= 0.3 is 0 Å². The van der Waals surface area contributed by atoms with Gasteiger partial charge in [-0.2, -0.15) is 0 Å². The fourth-order valence-electron chi connectivity index (χ4n) is 2.36. The standard InChI is InChI=1S/C13H19BrN2O/c1-9-6-16(7-10(2)17-9)8-11-3-4-12(14)5-13(11)15/h3-5,9-10H,6-8,15H2,1-2H3. The van der Waals surface area contributed by atoms with E-state index in [-0.39, 0.29) is 0 Å². The molecule has 1 aliphatic rings. The number of anilines is 1. The van der Waals surface area contributed by atoms with Crippen molar-refractivity contribution in [2.45, 2.75) is 32.6 Å². The normalized spacial score (nSPS) is 26.1. The Bertz CT molecular complexity index is 387. The highest BCUT2D eigenvalue weighted by molar-refractivity contribution is 9.10. The first-order valence-corrected chi connectivity index (χ1v) is 6.75. The summed E-state index contributed by atoms with van der Waals surface area (Å²) >= 11 is 3.43. The number of hydrogen-bond donors (Lipinski definition) is 1. The lowest BCUT2D eigenvalue weighted by molar-refractivity contribution is -0.0704. The second-order valence-electron chi connectivity index (χ2n) is 4.79. The van der Waals surface area contributed by atoms with Crippen LogP contribution in [0.4, 0.5) is 5.69 Å². The number of benzene rings is 1. The van der Waals surface area contributed by atoms with Crippen LogP contribution in [-0.2, 0) is 11.3 Å². The molecule has 0 spiro atoms. The number of ether oxygens (including phenoxy) is 1. The number of rotatable bonds is 2. The summed E-state index contributed by atoms with van der Waals surface area (Å²) in [7, 11) is 0. The zero-order chi connectivity index (χ0) is 12.4. The quantitative estimate of drug-likeness (QED) is 0.853. The molecule has 1 saturated heterocycles. The third kappa shape index (κ3) is 3.44. The van der Waals surface area contributed by atoms with Crippen LogP contribution in [0, 0.1) is 0 Å². The minimum atomic E-state index is 0.301. The highest BCUT2D eigenvalue weighted by Gasteiger charge is 2.22. The number of nitrogen functional groups attached to an aromatic ring is 1. The maximum Gasteiger partial charge on any atom is 0.0678 e. The van der Waals surface area contributed by atoms with E-state index in [2.05, 4.69) is 40.7 Å². The van der Waals surface area contributed by atoms with Gasteiger partial charge < -0.3 is 10.5 Å². The van der Waals surface area contributed by atoms with E-state index in [1.54, 1.807) is 0 Å². The van der Waals surface area contributed by atoms with Gasteiger partial charge in [-0.25, -0.2) is 0 Å². The molecule has 94 valence electrons. The molecule has 2 atom stereocenters. The molecule has 17 heavy (non-hydrogen) atoms. The molecular formula is C13H19BrN2O. The van der Waals surface area contributed by atoms with E-state index in [1.165, 1.54) is 5.56 Å². The van der Waals surface area contributed by atoms with Crippen LogP contribution < -0.4 is 5.73 Å². The van der Waals surface area contributed by atoms with Gasteiger partial charge in [-0.3, -0.25) is 4.90 Å². The lowest BCUT2D eigenvalue weighted by atomic mass is 10.1. The van der Waals surface area contributed by atoms with Crippen molar-refractivity contribution in [3.8, 4) is 0 Å². The van der Waals surface area contributed by atoms with Crippen molar-refractivity contribution in [1.29, 1.82) is 0 Å².